The number of anilines is 1. The van der Waals surface area contributed by atoms with Crippen LogP contribution in [0, 0.1) is 0 Å². The molecule has 0 fully saturated rings. The highest BCUT2D eigenvalue weighted by Crippen LogP contribution is 2.24. The Labute approximate surface area is 189 Å². The van der Waals surface area contributed by atoms with E-state index in [2.05, 4.69) is 20.4 Å². The molecule has 0 atom stereocenters. The summed E-state index contributed by atoms with van der Waals surface area (Å²) in [7, 11) is 0. The highest BCUT2D eigenvalue weighted by molar-refractivity contribution is 5.91. The Bertz CT molecular complexity index is 1280. The topological polar surface area (TPSA) is 124 Å². The lowest BCUT2D eigenvalue weighted by Crippen LogP contribution is -2.23. The molecule has 0 radical (unpaired) electrons. The molecule has 10 nitrogen and oxygen atoms in total. The molecule has 1 amide bonds. The molecule has 0 unspecified atom stereocenters. The number of carbonyl (C=O) groups is 1. The fourth-order valence-corrected chi connectivity index (χ4v) is 3.08. The van der Waals surface area contributed by atoms with Gasteiger partial charge in [-0.3, -0.25) is 14.6 Å². The van der Waals surface area contributed by atoms with Crippen molar-refractivity contribution in [2.24, 2.45) is 0 Å². The summed E-state index contributed by atoms with van der Waals surface area (Å²) in [6.45, 7) is 4.13. The van der Waals surface area contributed by atoms with Gasteiger partial charge in [0, 0.05) is 17.8 Å². The Morgan fingerprint density at radius 1 is 1.12 bits per heavy atom. The second-order valence-corrected chi connectivity index (χ2v) is 6.96. The van der Waals surface area contributed by atoms with Crippen molar-refractivity contribution >= 4 is 11.7 Å². The summed E-state index contributed by atoms with van der Waals surface area (Å²) in [5, 5.41) is 7.22. The van der Waals surface area contributed by atoms with Crippen LogP contribution in [0.3, 0.4) is 0 Å². The van der Waals surface area contributed by atoms with Gasteiger partial charge >= 0.3 is 0 Å². The Morgan fingerprint density at radius 2 is 1.88 bits per heavy atom. The van der Waals surface area contributed by atoms with Gasteiger partial charge in [-0.1, -0.05) is 6.92 Å². The van der Waals surface area contributed by atoms with Crippen LogP contribution in [0.1, 0.15) is 19.5 Å². The monoisotopic (exact) mass is 449 g/mol. The van der Waals surface area contributed by atoms with E-state index in [9.17, 15) is 9.59 Å². The molecule has 0 saturated heterocycles. The minimum absolute atomic E-state index is 0.180. The Balaban J connectivity index is 1.55. The minimum Gasteiger partial charge on any atom is -0.494 e. The number of hydrogen-bond acceptors (Lipinski definition) is 7. The molecule has 170 valence electrons. The first-order chi connectivity index (χ1) is 16.1. The van der Waals surface area contributed by atoms with Crippen molar-refractivity contribution in [3.05, 3.63) is 70.8 Å². The Kier molecular flexibility index (Phi) is 6.53. The number of rotatable bonds is 9. The molecule has 2 N–H and O–H groups in total. The summed E-state index contributed by atoms with van der Waals surface area (Å²) >= 11 is 0. The summed E-state index contributed by atoms with van der Waals surface area (Å²) in [4.78, 5) is 31.7. The lowest BCUT2D eigenvalue weighted by Gasteiger charge is -2.10. The largest absolute Gasteiger partial charge is 0.494 e. The summed E-state index contributed by atoms with van der Waals surface area (Å²) < 4.78 is 17.7. The van der Waals surface area contributed by atoms with E-state index in [-0.39, 0.29) is 18.1 Å². The number of benzene rings is 1. The van der Waals surface area contributed by atoms with Crippen molar-refractivity contribution < 1.29 is 18.7 Å². The number of aromatic nitrogens is 4. The van der Waals surface area contributed by atoms with E-state index < -0.39 is 5.91 Å². The highest BCUT2D eigenvalue weighted by atomic mass is 16.5. The molecule has 4 rings (SSSR count). The lowest BCUT2D eigenvalue weighted by atomic mass is 10.3. The first-order valence-corrected chi connectivity index (χ1v) is 10.5. The molecule has 1 aromatic carbocycles. The molecular formula is C23H23N5O5. The molecule has 0 aliphatic carbocycles. The average Bonchev–Trinajstić information content (AvgIpc) is 3.48. The van der Waals surface area contributed by atoms with Gasteiger partial charge < -0.3 is 19.2 Å². The van der Waals surface area contributed by atoms with E-state index >= 15 is 0 Å². The van der Waals surface area contributed by atoms with Crippen molar-refractivity contribution in [1.82, 2.24) is 19.7 Å². The third-order valence-corrected chi connectivity index (χ3v) is 4.60. The second kappa shape index (κ2) is 9.86. The van der Waals surface area contributed by atoms with Gasteiger partial charge in [0.2, 0.25) is 5.95 Å². The highest BCUT2D eigenvalue weighted by Gasteiger charge is 2.17. The van der Waals surface area contributed by atoms with Gasteiger partial charge in [0.05, 0.1) is 12.9 Å². The van der Waals surface area contributed by atoms with Crippen LogP contribution in [0.4, 0.5) is 5.82 Å². The smallest absolute Gasteiger partial charge is 0.263 e. The molecule has 33 heavy (non-hydrogen) atoms. The predicted molar refractivity (Wildman–Crippen MR) is 121 cm³/mol. The quantitative estimate of drug-likeness (QED) is 0.402. The molecule has 3 aromatic heterocycles. The number of hydrogen-bond donors (Lipinski definition) is 2. The first kappa shape index (κ1) is 21.9. The van der Waals surface area contributed by atoms with E-state index in [0.717, 1.165) is 5.75 Å². The van der Waals surface area contributed by atoms with Crippen molar-refractivity contribution in [2.45, 2.75) is 20.3 Å². The van der Waals surface area contributed by atoms with E-state index in [4.69, 9.17) is 13.9 Å². The summed E-state index contributed by atoms with van der Waals surface area (Å²) in [5.41, 5.74) is 0.746. The molecule has 3 heterocycles. The van der Waals surface area contributed by atoms with Crippen LogP contribution in [0.5, 0.6) is 11.5 Å². The van der Waals surface area contributed by atoms with Crippen LogP contribution in [0.15, 0.2) is 64.0 Å². The van der Waals surface area contributed by atoms with E-state index in [1.165, 1.54) is 17.0 Å². The molecule has 10 heteroatoms. The van der Waals surface area contributed by atoms with Crippen LogP contribution in [0.2, 0.25) is 0 Å². The van der Waals surface area contributed by atoms with E-state index in [1.807, 2.05) is 13.8 Å². The van der Waals surface area contributed by atoms with Crippen molar-refractivity contribution in [3.63, 3.8) is 0 Å². The Hall–Kier alpha value is -4.34. The zero-order valence-corrected chi connectivity index (χ0v) is 18.2. The Morgan fingerprint density at radius 3 is 2.55 bits per heavy atom. The zero-order chi connectivity index (χ0) is 23.2. The van der Waals surface area contributed by atoms with Gasteiger partial charge in [0.25, 0.3) is 11.5 Å². The second-order valence-electron chi connectivity index (χ2n) is 6.96. The number of ether oxygens (including phenoxy) is 2. The van der Waals surface area contributed by atoms with Crippen LogP contribution in [-0.2, 0) is 11.2 Å². The van der Waals surface area contributed by atoms with Gasteiger partial charge in [-0.15, -0.1) is 0 Å². The van der Waals surface area contributed by atoms with Crippen LogP contribution >= 0.6 is 0 Å². The third kappa shape index (κ3) is 5.29. The van der Waals surface area contributed by atoms with Gasteiger partial charge in [0.15, 0.2) is 12.4 Å². The number of nitrogens with zero attached hydrogens (tertiary/aromatic N) is 3. The molecule has 0 aliphatic rings. The number of amides is 1. The van der Waals surface area contributed by atoms with Crippen molar-refractivity contribution in [3.8, 4) is 28.9 Å². The van der Waals surface area contributed by atoms with Crippen molar-refractivity contribution in [1.29, 1.82) is 0 Å². The van der Waals surface area contributed by atoms with E-state index in [1.54, 1.807) is 42.5 Å². The number of aryl methyl sites for hydroxylation is 1. The van der Waals surface area contributed by atoms with Crippen LogP contribution in [-0.4, -0.2) is 38.9 Å². The lowest BCUT2D eigenvalue weighted by molar-refractivity contribution is -0.118. The summed E-state index contributed by atoms with van der Waals surface area (Å²) in [6, 6.07) is 13.5. The standard InChI is InChI=1S/C23H23N5O5/c1-3-15-12-21(29)26-23(24-15)28-20(13-18(27-28)19-6-5-11-32-19)25-22(30)14-33-17-9-7-16(8-10-17)31-4-2/h5-13H,3-4,14H2,1-2H3,(H,25,30)(H,24,26,29). The number of carbonyl (C=O) groups excluding carboxylic acids is 1. The summed E-state index contributed by atoms with van der Waals surface area (Å²) in [6.07, 6.45) is 2.09. The maximum Gasteiger partial charge on any atom is 0.263 e. The molecule has 0 spiro atoms. The minimum atomic E-state index is -0.412. The normalized spacial score (nSPS) is 10.7. The third-order valence-electron chi connectivity index (χ3n) is 4.60. The number of nitrogens with one attached hydrogen (secondary N) is 2. The number of aromatic amines is 1. The van der Waals surface area contributed by atoms with Crippen LogP contribution in [0.25, 0.3) is 17.4 Å². The SMILES string of the molecule is CCOc1ccc(OCC(=O)Nc2cc(-c3ccco3)nn2-c2nc(CC)cc(=O)[nH]2)cc1. The maximum atomic E-state index is 12.6. The fraction of sp³-hybridized carbons (Fsp3) is 0.217. The van der Waals surface area contributed by atoms with Gasteiger partial charge in [0.1, 0.15) is 23.0 Å². The average molecular weight is 449 g/mol. The summed E-state index contributed by atoms with van der Waals surface area (Å²) in [5.74, 6) is 1.83. The molecule has 0 saturated carbocycles. The molecule has 0 bridgehead atoms. The van der Waals surface area contributed by atoms with Crippen molar-refractivity contribution in [2.75, 3.05) is 18.5 Å². The molecule has 4 aromatic rings. The molecular weight excluding hydrogens is 426 g/mol. The number of furan rings is 1. The molecule has 0 aliphatic heterocycles. The van der Waals surface area contributed by atoms with Gasteiger partial charge in [-0.25, -0.2) is 4.98 Å². The maximum absolute atomic E-state index is 12.6. The van der Waals surface area contributed by atoms with Crippen LogP contribution < -0.4 is 20.3 Å². The van der Waals surface area contributed by atoms with Gasteiger partial charge in [-0.05, 0) is 49.7 Å². The predicted octanol–water partition coefficient (Wildman–Crippen LogP) is 3.19. The zero-order valence-electron chi connectivity index (χ0n) is 18.2. The van der Waals surface area contributed by atoms with E-state index in [0.29, 0.717) is 41.7 Å². The van der Waals surface area contributed by atoms with Gasteiger partial charge in [-0.2, -0.15) is 9.78 Å². The first-order valence-electron chi connectivity index (χ1n) is 10.5. The number of H-pyrrole nitrogens is 1. The fourth-order valence-electron chi connectivity index (χ4n) is 3.08.